The van der Waals surface area contributed by atoms with E-state index in [-0.39, 0.29) is 6.42 Å². The zero-order valence-electron chi connectivity index (χ0n) is 13.6. The Hall–Kier alpha value is -0.870. The summed E-state index contributed by atoms with van der Waals surface area (Å²) in [6.45, 7) is 3.28. The SMILES string of the molecule is C/C=C/C(O)(CO)OC(=O)CCCCCCCCCCC. The van der Waals surface area contributed by atoms with E-state index >= 15 is 0 Å². The Kier molecular flexibility index (Phi) is 12.3. The monoisotopic (exact) mass is 300 g/mol. The van der Waals surface area contributed by atoms with Crippen LogP contribution in [0, 0.1) is 0 Å². The number of esters is 1. The quantitative estimate of drug-likeness (QED) is 0.235. The number of carbonyl (C=O) groups excluding carboxylic acids is 1. The molecule has 0 saturated heterocycles. The van der Waals surface area contributed by atoms with Crippen LogP contribution < -0.4 is 0 Å². The molecule has 4 heteroatoms. The van der Waals surface area contributed by atoms with E-state index in [4.69, 9.17) is 9.84 Å². The van der Waals surface area contributed by atoms with Crippen LogP contribution in [0.25, 0.3) is 0 Å². The normalized spacial score (nSPS) is 14.3. The van der Waals surface area contributed by atoms with Gasteiger partial charge in [0.05, 0.1) is 0 Å². The summed E-state index contributed by atoms with van der Waals surface area (Å²) < 4.78 is 4.88. The Bertz CT molecular complexity index is 289. The van der Waals surface area contributed by atoms with Crippen LogP contribution >= 0.6 is 0 Å². The minimum atomic E-state index is -1.87. The molecule has 0 aliphatic heterocycles. The summed E-state index contributed by atoms with van der Waals surface area (Å²) in [4.78, 5) is 11.6. The van der Waals surface area contributed by atoms with E-state index in [1.807, 2.05) is 0 Å². The summed E-state index contributed by atoms with van der Waals surface area (Å²) in [5, 5.41) is 18.8. The van der Waals surface area contributed by atoms with E-state index in [1.54, 1.807) is 13.0 Å². The van der Waals surface area contributed by atoms with Gasteiger partial charge in [0.1, 0.15) is 6.61 Å². The van der Waals surface area contributed by atoms with Crippen molar-refractivity contribution in [1.29, 1.82) is 0 Å². The van der Waals surface area contributed by atoms with E-state index < -0.39 is 18.4 Å². The Labute approximate surface area is 129 Å². The van der Waals surface area contributed by atoms with Gasteiger partial charge in [-0.3, -0.25) is 4.79 Å². The number of hydrogen-bond acceptors (Lipinski definition) is 4. The van der Waals surface area contributed by atoms with Gasteiger partial charge in [-0.15, -0.1) is 0 Å². The van der Waals surface area contributed by atoms with Crippen molar-refractivity contribution in [3.05, 3.63) is 12.2 Å². The van der Waals surface area contributed by atoms with Crippen molar-refractivity contribution in [2.45, 2.75) is 83.8 Å². The molecule has 0 spiro atoms. The number of allylic oxidation sites excluding steroid dienone is 1. The lowest BCUT2D eigenvalue weighted by molar-refractivity contribution is -0.201. The molecule has 0 heterocycles. The van der Waals surface area contributed by atoms with Crippen molar-refractivity contribution in [1.82, 2.24) is 0 Å². The molecule has 1 atom stereocenters. The summed E-state index contributed by atoms with van der Waals surface area (Å²) >= 11 is 0. The van der Waals surface area contributed by atoms with Crippen LogP contribution in [-0.2, 0) is 9.53 Å². The van der Waals surface area contributed by atoms with Crippen LogP contribution in [0.5, 0.6) is 0 Å². The predicted octanol–water partition coefficient (Wildman–Crippen LogP) is 3.71. The van der Waals surface area contributed by atoms with Crippen LogP contribution in [0.1, 0.15) is 78.1 Å². The Balaban J connectivity index is 3.58. The van der Waals surface area contributed by atoms with Crippen molar-refractivity contribution in [2.24, 2.45) is 0 Å². The van der Waals surface area contributed by atoms with Crippen LogP contribution in [0.3, 0.4) is 0 Å². The highest BCUT2D eigenvalue weighted by atomic mass is 16.7. The lowest BCUT2D eigenvalue weighted by Crippen LogP contribution is -2.36. The number of ether oxygens (including phenoxy) is 1. The topological polar surface area (TPSA) is 66.8 Å². The number of unbranched alkanes of at least 4 members (excludes halogenated alkanes) is 8. The van der Waals surface area contributed by atoms with Gasteiger partial charge >= 0.3 is 5.97 Å². The molecule has 0 fully saturated rings. The van der Waals surface area contributed by atoms with Crippen molar-refractivity contribution in [2.75, 3.05) is 6.61 Å². The molecule has 21 heavy (non-hydrogen) atoms. The third-order valence-electron chi connectivity index (χ3n) is 3.43. The smallest absolute Gasteiger partial charge is 0.308 e. The van der Waals surface area contributed by atoms with Crippen LogP contribution in [0.2, 0.25) is 0 Å². The van der Waals surface area contributed by atoms with E-state index in [2.05, 4.69) is 6.92 Å². The first kappa shape index (κ1) is 20.1. The third-order valence-corrected chi connectivity index (χ3v) is 3.43. The molecule has 0 amide bonds. The molecule has 4 nitrogen and oxygen atoms in total. The van der Waals surface area contributed by atoms with Crippen LogP contribution in [0.4, 0.5) is 0 Å². The number of aliphatic hydroxyl groups excluding tert-OH is 1. The van der Waals surface area contributed by atoms with E-state index in [9.17, 15) is 9.90 Å². The summed E-state index contributed by atoms with van der Waals surface area (Å²) in [6, 6.07) is 0. The summed E-state index contributed by atoms with van der Waals surface area (Å²) in [6.07, 6.45) is 13.7. The van der Waals surface area contributed by atoms with Crippen molar-refractivity contribution in [3.8, 4) is 0 Å². The minimum Gasteiger partial charge on any atom is -0.427 e. The maximum absolute atomic E-state index is 11.6. The fourth-order valence-corrected chi connectivity index (χ4v) is 2.21. The minimum absolute atomic E-state index is 0.287. The van der Waals surface area contributed by atoms with Crippen molar-refractivity contribution in [3.63, 3.8) is 0 Å². The maximum Gasteiger partial charge on any atom is 0.308 e. The largest absolute Gasteiger partial charge is 0.427 e. The molecule has 2 N–H and O–H groups in total. The van der Waals surface area contributed by atoms with Gasteiger partial charge < -0.3 is 14.9 Å². The molecule has 1 unspecified atom stereocenters. The molecular formula is C17H32O4. The summed E-state index contributed by atoms with van der Waals surface area (Å²) in [5.74, 6) is -2.34. The molecule has 0 aliphatic carbocycles. The van der Waals surface area contributed by atoms with Crippen molar-refractivity contribution < 1.29 is 19.7 Å². The third kappa shape index (κ3) is 11.5. The first-order valence-electron chi connectivity index (χ1n) is 8.27. The average molecular weight is 300 g/mol. The Morgan fingerprint density at radius 3 is 2.05 bits per heavy atom. The molecule has 0 saturated carbocycles. The van der Waals surface area contributed by atoms with E-state index in [1.165, 1.54) is 44.6 Å². The zero-order valence-corrected chi connectivity index (χ0v) is 13.6. The standard InChI is InChI=1S/C17H32O4/c1-3-5-6-7-8-9-10-11-12-13-16(19)21-17(20,15-18)14-4-2/h4,14,18,20H,3,5-13,15H2,1-2H3/b14-4+. The number of aliphatic hydroxyl groups is 2. The molecule has 124 valence electrons. The van der Waals surface area contributed by atoms with Gasteiger partial charge in [0.25, 0.3) is 5.79 Å². The van der Waals surface area contributed by atoms with Crippen LogP contribution in [-0.4, -0.2) is 28.6 Å². The fraction of sp³-hybridized carbons (Fsp3) is 0.824. The molecule has 0 radical (unpaired) electrons. The lowest BCUT2D eigenvalue weighted by atomic mass is 10.1. The number of rotatable bonds is 13. The highest BCUT2D eigenvalue weighted by Crippen LogP contribution is 2.13. The molecule has 0 aromatic heterocycles. The number of carbonyl (C=O) groups is 1. The second-order valence-corrected chi connectivity index (χ2v) is 5.56. The zero-order chi connectivity index (χ0) is 16.0. The molecule has 0 aliphatic rings. The molecule has 0 aromatic carbocycles. The predicted molar refractivity (Wildman–Crippen MR) is 84.8 cm³/mol. The van der Waals surface area contributed by atoms with E-state index in [0.29, 0.717) is 0 Å². The van der Waals surface area contributed by atoms with Gasteiger partial charge in [-0.05, 0) is 19.4 Å². The van der Waals surface area contributed by atoms with Gasteiger partial charge in [0.15, 0.2) is 0 Å². The van der Waals surface area contributed by atoms with E-state index in [0.717, 1.165) is 19.3 Å². The summed E-state index contributed by atoms with van der Waals surface area (Å²) in [5.41, 5.74) is 0. The van der Waals surface area contributed by atoms with Gasteiger partial charge in [-0.2, -0.15) is 0 Å². The van der Waals surface area contributed by atoms with Crippen molar-refractivity contribution >= 4 is 5.97 Å². The Morgan fingerprint density at radius 1 is 1.05 bits per heavy atom. The molecule has 0 bridgehead atoms. The average Bonchev–Trinajstić information content (AvgIpc) is 2.45. The first-order valence-corrected chi connectivity index (χ1v) is 8.27. The maximum atomic E-state index is 11.6. The number of hydrogen-bond donors (Lipinski definition) is 2. The van der Waals surface area contributed by atoms with Gasteiger partial charge in [0, 0.05) is 6.42 Å². The fourth-order valence-electron chi connectivity index (χ4n) is 2.21. The Morgan fingerprint density at radius 2 is 1.57 bits per heavy atom. The van der Waals surface area contributed by atoms with Gasteiger partial charge in [-0.25, -0.2) is 0 Å². The lowest BCUT2D eigenvalue weighted by Gasteiger charge is -2.21. The molecular weight excluding hydrogens is 268 g/mol. The van der Waals surface area contributed by atoms with Gasteiger partial charge in [-0.1, -0.05) is 64.4 Å². The molecule has 0 rings (SSSR count). The van der Waals surface area contributed by atoms with Crippen LogP contribution in [0.15, 0.2) is 12.2 Å². The highest BCUT2D eigenvalue weighted by molar-refractivity contribution is 5.69. The second-order valence-electron chi connectivity index (χ2n) is 5.56. The second kappa shape index (κ2) is 12.8. The first-order chi connectivity index (χ1) is 10.1. The molecule has 0 aromatic rings. The van der Waals surface area contributed by atoms with Gasteiger partial charge in [0.2, 0.25) is 0 Å². The summed E-state index contributed by atoms with van der Waals surface area (Å²) in [7, 11) is 0. The highest BCUT2D eigenvalue weighted by Gasteiger charge is 2.26.